The predicted molar refractivity (Wildman–Crippen MR) is 72.0 cm³/mol. The van der Waals surface area contributed by atoms with E-state index in [4.69, 9.17) is 16.9 Å². The lowest BCUT2D eigenvalue weighted by molar-refractivity contribution is -0.122. The molecule has 0 fully saturated rings. The molecule has 0 radical (unpaired) electrons. The van der Waals surface area contributed by atoms with E-state index in [2.05, 4.69) is 11.2 Å². The molecule has 0 aliphatic heterocycles. The summed E-state index contributed by atoms with van der Waals surface area (Å²) >= 11 is 0. The number of benzene rings is 1. The molecule has 1 rings (SSSR count). The zero-order valence-corrected chi connectivity index (χ0v) is 10.5. The van der Waals surface area contributed by atoms with Crippen LogP contribution in [0.4, 0.5) is 5.69 Å². The highest BCUT2D eigenvalue weighted by Gasteiger charge is 2.06. The Hall–Kier alpha value is -2.15. The van der Waals surface area contributed by atoms with Gasteiger partial charge in [0.15, 0.2) is 0 Å². The quantitative estimate of drug-likeness (QED) is 0.591. The summed E-state index contributed by atoms with van der Waals surface area (Å²) in [4.78, 5) is 11.5. The summed E-state index contributed by atoms with van der Waals surface area (Å²) in [5.41, 5.74) is 6.23. The number of hydrogen-bond donors (Lipinski definition) is 2. The Balaban J connectivity index is 2.23. The minimum Gasteiger partial charge on any atom is -0.493 e. The second-order valence-electron chi connectivity index (χ2n) is 4.04. The summed E-state index contributed by atoms with van der Waals surface area (Å²) < 4.78 is 5.42. The smallest absolute Gasteiger partial charge is 0.223 e. The number of anilines is 1. The Bertz CT molecular complexity index is 420. The molecule has 0 aliphatic carbocycles. The summed E-state index contributed by atoms with van der Waals surface area (Å²) in [7, 11) is 0. The molecule has 1 unspecified atom stereocenters. The van der Waals surface area contributed by atoms with Crippen molar-refractivity contribution in [2.45, 2.75) is 25.8 Å². The number of carbonyl (C=O) groups is 1. The molecule has 0 spiro atoms. The third-order valence-corrected chi connectivity index (χ3v) is 2.31. The molecule has 1 aromatic carbocycles. The number of carbonyl (C=O) groups excluding carboxylic acids is 1. The number of hydrogen-bond acceptors (Lipinski definition) is 3. The minimum absolute atomic E-state index is 0.000904. The van der Waals surface area contributed by atoms with E-state index >= 15 is 0 Å². The zero-order chi connectivity index (χ0) is 13.4. The number of ether oxygens (including phenoxy) is 1. The first-order chi connectivity index (χ1) is 8.61. The van der Waals surface area contributed by atoms with E-state index in [0.29, 0.717) is 30.9 Å². The Morgan fingerprint density at radius 3 is 2.78 bits per heavy atom. The van der Waals surface area contributed by atoms with Crippen LogP contribution < -0.4 is 15.8 Å². The van der Waals surface area contributed by atoms with Gasteiger partial charge in [-0.05, 0) is 31.2 Å². The number of nitrogens with two attached hydrogens (primary N) is 1. The molecule has 1 amide bonds. The van der Waals surface area contributed by atoms with Crippen LogP contribution in [0, 0.1) is 12.3 Å². The fraction of sp³-hybridized carbons (Fsp3) is 0.357. The molecule has 1 aromatic rings. The molecule has 4 nitrogen and oxygen atoms in total. The van der Waals surface area contributed by atoms with E-state index < -0.39 is 0 Å². The van der Waals surface area contributed by atoms with Crippen molar-refractivity contribution >= 4 is 11.6 Å². The monoisotopic (exact) mass is 246 g/mol. The van der Waals surface area contributed by atoms with Crippen LogP contribution in [-0.4, -0.2) is 18.6 Å². The topological polar surface area (TPSA) is 64.3 Å². The number of nitrogens with one attached hydrogen (secondary N) is 1. The van der Waals surface area contributed by atoms with E-state index in [-0.39, 0.29) is 11.9 Å². The maximum Gasteiger partial charge on any atom is 0.223 e. The average Bonchev–Trinajstić information content (AvgIpc) is 2.32. The molecule has 4 heteroatoms. The normalized spacial score (nSPS) is 11.3. The summed E-state index contributed by atoms with van der Waals surface area (Å²) in [6, 6.07) is 7.05. The first kappa shape index (κ1) is 13.9. The van der Waals surface area contributed by atoms with Crippen molar-refractivity contribution in [1.29, 1.82) is 0 Å². The molecular weight excluding hydrogens is 228 g/mol. The molecule has 0 aromatic heterocycles. The molecule has 96 valence electrons. The van der Waals surface area contributed by atoms with Crippen molar-refractivity contribution in [3.8, 4) is 18.1 Å². The average molecular weight is 246 g/mol. The number of terminal acetylenes is 1. The van der Waals surface area contributed by atoms with Gasteiger partial charge in [0.25, 0.3) is 0 Å². The van der Waals surface area contributed by atoms with Crippen LogP contribution in [0.1, 0.15) is 19.8 Å². The lowest BCUT2D eigenvalue weighted by Gasteiger charge is -2.11. The molecule has 0 heterocycles. The maximum absolute atomic E-state index is 11.5. The molecular formula is C14H18N2O2. The molecule has 1 atom stereocenters. The summed E-state index contributed by atoms with van der Waals surface area (Å²) in [5.74, 6) is 3.14. The fourth-order valence-corrected chi connectivity index (χ4v) is 1.40. The van der Waals surface area contributed by atoms with Gasteiger partial charge in [0.1, 0.15) is 5.75 Å². The Morgan fingerprint density at radius 1 is 1.50 bits per heavy atom. The summed E-state index contributed by atoms with van der Waals surface area (Å²) in [6.07, 6.45) is 5.99. The SMILES string of the molecule is C#CCC(C)NC(=O)CCOc1ccc(N)cc1. The van der Waals surface area contributed by atoms with Gasteiger partial charge < -0.3 is 15.8 Å². The fourth-order valence-electron chi connectivity index (χ4n) is 1.40. The van der Waals surface area contributed by atoms with Crippen molar-refractivity contribution in [3.63, 3.8) is 0 Å². The lowest BCUT2D eigenvalue weighted by Crippen LogP contribution is -2.33. The van der Waals surface area contributed by atoms with Crippen LogP contribution in [0.25, 0.3) is 0 Å². The molecule has 0 bridgehead atoms. The second-order valence-corrected chi connectivity index (χ2v) is 4.04. The first-order valence-electron chi connectivity index (χ1n) is 5.83. The van der Waals surface area contributed by atoms with Crippen molar-refractivity contribution in [2.24, 2.45) is 0 Å². The molecule has 0 saturated carbocycles. The van der Waals surface area contributed by atoms with Gasteiger partial charge >= 0.3 is 0 Å². The van der Waals surface area contributed by atoms with Gasteiger partial charge in [-0.15, -0.1) is 12.3 Å². The molecule has 0 saturated heterocycles. The van der Waals surface area contributed by atoms with Crippen molar-refractivity contribution in [3.05, 3.63) is 24.3 Å². The van der Waals surface area contributed by atoms with Gasteiger partial charge in [0, 0.05) is 18.2 Å². The highest BCUT2D eigenvalue weighted by molar-refractivity contribution is 5.76. The van der Waals surface area contributed by atoms with Crippen LogP contribution in [0.5, 0.6) is 5.75 Å². The van der Waals surface area contributed by atoms with E-state index in [0.717, 1.165) is 0 Å². The van der Waals surface area contributed by atoms with Crippen LogP contribution in [0.2, 0.25) is 0 Å². The van der Waals surface area contributed by atoms with E-state index in [1.807, 2.05) is 6.92 Å². The van der Waals surface area contributed by atoms with E-state index in [9.17, 15) is 4.79 Å². The van der Waals surface area contributed by atoms with Crippen LogP contribution in [0.15, 0.2) is 24.3 Å². The molecule has 3 N–H and O–H groups in total. The Labute approximate surface area is 108 Å². The van der Waals surface area contributed by atoms with Crippen LogP contribution >= 0.6 is 0 Å². The zero-order valence-electron chi connectivity index (χ0n) is 10.5. The van der Waals surface area contributed by atoms with Crippen molar-refractivity contribution in [1.82, 2.24) is 5.32 Å². The van der Waals surface area contributed by atoms with Gasteiger partial charge in [-0.25, -0.2) is 0 Å². The van der Waals surface area contributed by atoms with Gasteiger partial charge in [0.05, 0.1) is 13.0 Å². The van der Waals surface area contributed by atoms with Gasteiger partial charge in [-0.1, -0.05) is 0 Å². The van der Waals surface area contributed by atoms with Gasteiger partial charge in [0.2, 0.25) is 5.91 Å². The number of amides is 1. The minimum atomic E-state index is -0.0619. The maximum atomic E-state index is 11.5. The molecule has 0 aliphatic rings. The summed E-state index contributed by atoms with van der Waals surface area (Å²) in [6.45, 7) is 2.21. The van der Waals surface area contributed by atoms with Gasteiger partial charge in [-0.2, -0.15) is 0 Å². The lowest BCUT2D eigenvalue weighted by atomic mass is 10.2. The third kappa shape index (κ3) is 5.26. The molecule has 18 heavy (non-hydrogen) atoms. The number of rotatable bonds is 6. The standard InChI is InChI=1S/C14H18N2O2/c1-3-4-11(2)16-14(17)9-10-18-13-7-5-12(15)6-8-13/h1,5-8,11H,4,9-10,15H2,2H3,(H,16,17). The first-order valence-corrected chi connectivity index (χ1v) is 5.83. The largest absolute Gasteiger partial charge is 0.493 e. The highest BCUT2D eigenvalue weighted by atomic mass is 16.5. The predicted octanol–water partition coefficient (Wildman–Crippen LogP) is 1.57. The Kier molecular flexibility index (Phi) is 5.59. The van der Waals surface area contributed by atoms with E-state index in [1.165, 1.54) is 0 Å². The van der Waals surface area contributed by atoms with Crippen LogP contribution in [-0.2, 0) is 4.79 Å². The Morgan fingerprint density at radius 2 is 2.17 bits per heavy atom. The van der Waals surface area contributed by atoms with Crippen molar-refractivity contribution in [2.75, 3.05) is 12.3 Å². The van der Waals surface area contributed by atoms with Crippen LogP contribution in [0.3, 0.4) is 0 Å². The van der Waals surface area contributed by atoms with Gasteiger partial charge in [-0.3, -0.25) is 4.79 Å². The third-order valence-electron chi connectivity index (χ3n) is 2.31. The second kappa shape index (κ2) is 7.23. The number of nitrogen functional groups attached to an aromatic ring is 1. The highest BCUT2D eigenvalue weighted by Crippen LogP contribution is 2.13. The van der Waals surface area contributed by atoms with E-state index in [1.54, 1.807) is 24.3 Å². The summed E-state index contributed by atoms with van der Waals surface area (Å²) in [5, 5.41) is 2.79. The van der Waals surface area contributed by atoms with Crippen molar-refractivity contribution < 1.29 is 9.53 Å².